The van der Waals surface area contributed by atoms with Gasteiger partial charge in [-0.3, -0.25) is 4.79 Å². The Morgan fingerprint density at radius 3 is 2.30 bits per heavy atom. The zero-order valence-electron chi connectivity index (χ0n) is 14.5. The van der Waals surface area contributed by atoms with Crippen molar-refractivity contribution in [3.05, 3.63) is 0 Å². The predicted molar refractivity (Wildman–Crippen MR) is 90.3 cm³/mol. The summed E-state index contributed by atoms with van der Waals surface area (Å²) in [6, 6.07) is 0.725. The number of carbonyl (C=O) groups excluding carboxylic acids is 1. The van der Waals surface area contributed by atoms with Crippen LogP contribution in [-0.2, 0) is 9.53 Å². The van der Waals surface area contributed by atoms with Crippen LogP contribution in [0.5, 0.6) is 0 Å². The van der Waals surface area contributed by atoms with Gasteiger partial charge in [-0.1, -0.05) is 12.8 Å². The zero-order chi connectivity index (χ0) is 15.7. The molecular formula is C19H32N2O2. The summed E-state index contributed by atoms with van der Waals surface area (Å²) in [5.74, 6) is 0.762. The summed E-state index contributed by atoms with van der Waals surface area (Å²) >= 11 is 0. The Bertz CT molecular complexity index is 419. The highest BCUT2D eigenvalue weighted by Gasteiger charge is 2.43. The molecule has 0 N–H and O–H groups in total. The molecule has 23 heavy (non-hydrogen) atoms. The van der Waals surface area contributed by atoms with Crippen LogP contribution in [0.1, 0.15) is 64.2 Å². The Morgan fingerprint density at radius 1 is 0.913 bits per heavy atom. The van der Waals surface area contributed by atoms with Gasteiger partial charge >= 0.3 is 0 Å². The van der Waals surface area contributed by atoms with E-state index in [-0.39, 0.29) is 5.60 Å². The molecule has 1 saturated carbocycles. The van der Waals surface area contributed by atoms with Crippen molar-refractivity contribution >= 4 is 5.91 Å². The molecule has 0 aromatic heterocycles. The Hall–Kier alpha value is -0.610. The third-order valence-electron chi connectivity index (χ3n) is 6.81. The van der Waals surface area contributed by atoms with Crippen molar-refractivity contribution in [1.82, 2.24) is 9.80 Å². The molecule has 4 heteroatoms. The van der Waals surface area contributed by atoms with Gasteiger partial charge in [0, 0.05) is 31.7 Å². The lowest BCUT2D eigenvalue weighted by Gasteiger charge is -2.48. The minimum atomic E-state index is 0.0674. The minimum Gasteiger partial charge on any atom is -0.375 e. The van der Waals surface area contributed by atoms with E-state index in [0.717, 1.165) is 51.4 Å². The Balaban J connectivity index is 1.33. The molecule has 4 fully saturated rings. The summed E-state index contributed by atoms with van der Waals surface area (Å²) in [7, 11) is 0. The van der Waals surface area contributed by atoms with Gasteiger partial charge in [-0.05, 0) is 64.5 Å². The maximum absolute atomic E-state index is 12.6. The van der Waals surface area contributed by atoms with E-state index >= 15 is 0 Å². The van der Waals surface area contributed by atoms with Gasteiger partial charge in [-0.2, -0.15) is 0 Å². The van der Waals surface area contributed by atoms with Crippen molar-refractivity contribution < 1.29 is 9.53 Å². The number of ether oxygens (including phenoxy) is 1. The van der Waals surface area contributed by atoms with Gasteiger partial charge in [-0.25, -0.2) is 0 Å². The molecule has 3 heterocycles. The SMILES string of the molecule is O=C(C1CCCC1)N1CCC2(CC1)CC(N1CCCC1)CCO2. The third kappa shape index (κ3) is 3.30. The van der Waals surface area contributed by atoms with Crippen molar-refractivity contribution in [2.24, 2.45) is 5.92 Å². The standard InChI is InChI=1S/C19H32N2O2/c22-18(16-5-1-2-6-16)21-12-8-19(9-13-21)15-17(7-14-23-19)20-10-3-4-11-20/h16-17H,1-15H2. The van der Waals surface area contributed by atoms with Gasteiger partial charge in [0.15, 0.2) is 0 Å². The summed E-state index contributed by atoms with van der Waals surface area (Å²) < 4.78 is 6.29. The van der Waals surface area contributed by atoms with Crippen LogP contribution in [0.2, 0.25) is 0 Å². The Labute approximate surface area is 140 Å². The van der Waals surface area contributed by atoms with Crippen LogP contribution in [0.15, 0.2) is 0 Å². The number of hydrogen-bond acceptors (Lipinski definition) is 3. The number of amides is 1. The van der Waals surface area contributed by atoms with E-state index in [1.165, 1.54) is 51.6 Å². The topological polar surface area (TPSA) is 32.8 Å². The number of piperidine rings is 1. The van der Waals surface area contributed by atoms with Gasteiger partial charge < -0.3 is 14.5 Å². The molecule has 0 aromatic carbocycles. The molecule has 3 aliphatic heterocycles. The lowest BCUT2D eigenvalue weighted by atomic mass is 9.81. The molecular weight excluding hydrogens is 288 g/mol. The van der Waals surface area contributed by atoms with Gasteiger partial charge in [0.05, 0.1) is 5.60 Å². The largest absolute Gasteiger partial charge is 0.375 e. The molecule has 1 spiro atoms. The van der Waals surface area contributed by atoms with Gasteiger partial charge in [-0.15, -0.1) is 0 Å². The Kier molecular flexibility index (Phi) is 4.64. The van der Waals surface area contributed by atoms with Crippen molar-refractivity contribution in [2.75, 3.05) is 32.8 Å². The van der Waals surface area contributed by atoms with E-state index in [9.17, 15) is 4.79 Å². The first-order valence-corrected chi connectivity index (χ1v) is 9.93. The molecule has 4 rings (SSSR count). The molecule has 1 aliphatic carbocycles. The van der Waals surface area contributed by atoms with Crippen LogP contribution in [-0.4, -0.2) is 60.1 Å². The predicted octanol–water partition coefficient (Wildman–Crippen LogP) is 2.81. The maximum Gasteiger partial charge on any atom is 0.225 e. The van der Waals surface area contributed by atoms with E-state index in [2.05, 4.69) is 9.80 Å². The fourth-order valence-corrected chi connectivity index (χ4v) is 5.33. The van der Waals surface area contributed by atoms with E-state index in [1.54, 1.807) is 0 Å². The van der Waals surface area contributed by atoms with Crippen molar-refractivity contribution in [2.45, 2.75) is 75.9 Å². The highest BCUT2D eigenvalue weighted by molar-refractivity contribution is 5.79. The summed E-state index contributed by atoms with van der Waals surface area (Å²) in [5.41, 5.74) is 0.0674. The summed E-state index contributed by atoms with van der Waals surface area (Å²) in [6.45, 7) is 5.32. The number of rotatable bonds is 2. The smallest absolute Gasteiger partial charge is 0.225 e. The molecule has 4 nitrogen and oxygen atoms in total. The first kappa shape index (κ1) is 15.9. The molecule has 1 amide bonds. The lowest BCUT2D eigenvalue weighted by Crippen LogP contribution is -2.54. The van der Waals surface area contributed by atoms with Crippen LogP contribution >= 0.6 is 0 Å². The number of carbonyl (C=O) groups is 1. The van der Waals surface area contributed by atoms with Crippen LogP contribution < -0.4 is 0 Å². The third-order valence-corrected chi connectivity index (χ3v) is 6.81. The highest BCUT2D eigenvalue weighted by atomic mass is 16.5. The monoisotopic (exact) mass is 320 g/mol. The molecule has 0 radical (unpaired) electrons. The normalized spacial score (nSPS) is 32.7. The maximum atomic E-state index is 12.6. The molecule has 1 unspecified atom stereocenters. The van der Waals surface area contributed by atoms with Crippen molar-refractivity contribution in [3.63, 3.8) is 0 Å². The van der Waals surface area contributed by atoms with Gasteiger partial charge in [0.1, 0.15) is 0 Å². The van der Waals surface area contributed by atoms with Gasteiger partial charge in [0.25, 0.3) is 0 Å². The van der Waals surface area contributed by atoms with Crippen LogP contribution in [0, 0.1) is 5.92 Å². The van der Waals surface area contributed by atoms with E-state index < -0.39 is 0 Å². The fourth-order valence-electron chi connectivity index (χ4n) is 5.33. The highest BCUT2D eigenvalue weighted by Crippen LogP contribution is 2.38. The average Bonchev–Trinajstić information content (AvgIpc) is 3.29. The van der Waals surface area contributed by atoms with Crippen molar-refractivity contribution in [1.29, 1.82) is 0 Å². The zero-order valence-corrected chi connectivity index (χ0v) is 14.5. The summed E-state index contributed by atoms with van der Waals surface area (Å²) in [6.07, 6.45) is 12.0. The molecule has 3 saturated heterocycles. The molecule has 0 aromatic rings. The second-order valence-electron chi connectivity index (χ2n) is 8.23. The second kappa shape index (κ2) is 6.72. The summed E-state index contributed by atoms with van der Waals surface area (Å²) in [4.78, 5) is 17.5. The minimum absolute atomic E-state index is 0.0674. The second-order valence-corrected chi connectivity index (χ2v) is 8.23. The molecule has 1 atom stereocenters. The first-order valence-electron chi connectivity index (χ1n) is 9.93. The van der Waals surface area contributed by atoms with E-state index in [0.29, 0.717) is 11.8 Å². The van der Waals surface area contributed by atoms with Gasteiger partial charge in [0.2, 0.25) is 5.91 Å². The molecule has 130 valence electrons. The number of nitrogens with zero attached hydrogens (tertiary/aromatic N) is 2. The fraction of sp³-hybridized carbons (Fsp3) is 0.947. The van der Waals surface area contributed by atoms with Crippen LogP contribution in [0.3, 0.4) is 0 Å². The first-order chi connectivity index (χ1) is 11.3. The summed E-state index contributed by atoms with van der Waals surface area (Å²) in [5, 5.41) is 0. The average molecular weight is 320 g/mol. The lowest BCUT2D eigenvalue weighted by molar-refractivity contribution is -0.151. The quantitative estimate of drug-likeness (QED) is 0.784. The molecule has 0 bridgehead atoms. The van der Waals surface area contributed by atoms with Crippen LogP contribution in [0.25, 0.3) is 0 Å². The Morgan fingerprint density at radius 2 is 1.61 bits per heavy atom. The van der Waals surface area contributed by atoms with Crippen molar-refractivity contribution in [3.8, 4) is 0 Å². The van der Waals surface area contributed by atoms with E-state index in [4.69, 9.17) is 4.74 Å². The van der Waals surface area contributed by atoms with Crippen LogP contribution in [0.4, 0.5) is 0 Å². The van der Waals surface area contributed by atoms with E-state index in [1.807, 2.05) is 0 Å². The number of likely N-dealkylation sites (tertiary alicyclic amines) is 2. The molecule has 4 aliphatic rings. The number of hydrogen-bond donors (Lipinski definition) is 0.